The van der Waals surface area contributed by atoms with E-state index >= 15 is 0 Å². The van der Waals surface area contributed by atoms with Crippen molar-refractivity contribution in [2.45, 2.75) is 39.5 Å². The van der Waals surface area contributed by atoms with Gasteiger partial charge in [-0.15, -0.1) is 10.2 Å². The average Bonchev–Trinajstić information content (AvgIpc) is 2.94. The lowest BCUT2D eigenvalue weighted by atomic mass is 10.1. The van der Waals surface area contributed by atoms with Gasteiger partial charge in [-0.2, -0.15) is 0 Å². The highest BCUT2D eigenvalue weighted by atomic mass is 16.4. The Morgan fingerprint density at radius 3 is 2.95 bits per heavy atom. The van der Waals surface area contributed by atoms with Crippen LogP contribution in [0.2, 0.25) is 0 Å². The molecule has 0 bridgehead atoms. The van der Waals surface area contributed by atoms with Gasteiger partial charge in [-0.3, -0.25) is 4.79 Å². The van der Waals surface area contributed by atoms with Gasteiger partial charge >= 0.3 is 0 Å². The zero-order chi connectivity index (χ0) is 15.1. The molecular formula is C16H21N3O2. The quantitative estimate of drug-likeness (QED) is 0.850. The van der Waals surface area contributed by atoms with Gasteiger partial charge in [-0.05, 0) is 25.5 Å². The molecule has 0 atom stereocenters. The molecule has 0 radical (unpaired) electrons. The normalized spacial score (nSPS) is 10.6. The average molecular weight is 287 g/mol. The Labute approximate surface area is 124 Å². The molecule has 0 saturated heterocycles. The van der Waals surface area contributed by atoms with Crippen LogP contribution in [-0.4, -0.2) is 22.6 Å². The van der Waals surface area contributed by atoms with Crippen LogP contribution >= 0.6 is 0 Å². The van der Waals surface area contributed by atoms with Crippen molar-refractivity contribution in [3.8, 4) is 11.5 Å². The maximum atomic E-state index is 11.5. The number of aryl methyl sites for hydroxylation is 1. The predicted octanol–water partition coefficient (Wildman–Crippen LogP) is 2.89. The molecule has 0 aliphatic rings. The van der Waals surface area contributed by atoms with Gasteiger partial charge < -0.3 is 9.73 Å². The lowest BCUT2D eigenvalue weighted by Crippen LogP contribution is -2.25. The summed E-state index contributed by atoms with van der Waals surface area (Å²) in [7, 11) is 0. The molecule has 1 amide bonds. The highest BCUT2D eigenvalue weighted by Crippen LogP contribution is 2.18. The van der Waals surface area contributed by atoms with Crippen molar-refractivity contribution in [1.82, 2.24) is 15.5 Å². The van der Waals surface area contributed by atoms with Gasteiger partial charge in [-0.25, -0.2) is 0 Å². The first-order chi connectivity index (χ1) is 10.2. The van der Waals surface area contributed by atoms with Crippen molar-refractivity contribution in [3.63, 3.8) is 0 Å². The highest BCUT2D eigenvalue weighted by Gasteiger charge is 2.09. The molecule has 1 aromatic carbocycles. The van der Waals surface area contributed by atoms with Gasteiger partial charge in [0.25, 0.3) is 0 Å². The van der Waals surface area contributed by atoms with Gasteiger partial charge in [0.1, 0.15) is 0 Å². The monoisotopic (exact) mass is 287 g/mol. The van der Waals surface area contributed by atoms with Crippen molar-refractivity contribution in [3.05, 3.63) is 35.7 Å². The van der Waals surface area contributed by atoms with Gasteiger partial charge in [0.05, 0.1) is 0 Å². The molecule has 1 N–H and O–H groups in total. The fourth-order valence-corrected chi connectivity index (χ4v) is 1.98. The summed E-state index contributed by atoms with van der Waals surface area (Å²) in [6.07, 6.45) is 3.08. The van der Waals surface area contributed by atoms with Crippen LogP contribution in [0, 0.1) is 6.92 Å². The minimum atomic E-state index is 0.0790. The molecule has 112 valence electrons. The fourth-order valence-electron chi connectivity index (χ4n) is 1.98. The molecule has 1 heterocycles. The van der Waals surface area contributed by atoms with Crippen LogP contribution < -0.4 is 5.32 Å². The molecule has 0 unspecified atom stereocenters. The standard InChI is InChI=1S/C16H21N3O2/c1-3-4-8-14(20)17-10-9-15-18-19-16(21-15)13-7-5-6-12(2)11-13/h5-7,11H,3-4,8-10H2,1-2H3,(H,17,20). The van der Waals surface area contributed by atoms with Gasteiger partial charge in [0, 0.05) is 24.9 Å². The van der Waals surface area contributed by atoms with Gasteiger partial charge in [-0.1, -0.05) is 31.0 Å². The molecule has 0 fully saturated rings. The van der Waals surface area contributed by atoms with E-state index in [2.05, 4.69) is 22.4 Å². The van der Waals surface area contributed by atoms with Gasteiger partial charge in [0.15, 0.2) is 0 Å². The van der Waals surface area contributed by atoms with Crippen molar-refractivity contribution in [2.75, 3.05) is 6.54 Å². The first-order valence-electron chi connectivity index (χ1n) is 7.35. The van der Waals surface area contributed by atoms with Crippen molar-refractivity contribution in [1.29, 1.82) is 0 Å². The molecule has 21 heavy (non-hydrogen) atoms. The molecule has 2 rings (SSSR count). The molecule has 0 spiro atoms. The number of amides is 1. The van der Waals surface area contributed by atoms with E-state index in [4.69, 9.17) is 4.42 Å². The van der Waals surface area contributed by atoms with E-state index in [0.29, 0.717) is 31.2 Å². The highest BCUT2D eigenvalue weighted by molar-refractivity contribution is 5.75. The summed E-state index contributed by atoms with van der Waals surface area (Å²) < 4.78 is 5.61. The molecule has 5 heteroatoms. The van der Waals surface area contributed by atoms with Crippen LogP contribution in [-0.2, 0) is 11.2 Å². The Morgan fingerprint density at radius 1 is 1.33 bits per heavy atom. The van der Waals surface area contributed by atoms with E-state index in [1.165, 1.54) is 0 Å². The van der Waals surface area contributed by atoms with Crippen molar-refractivity contribution >= 4 is 5.91 Å². The topological polar surface area (TPSA) is 68.0 Å². The third-order valence-corrected chi connectivity index (χ3v) is 3.15. The Bertz CT molecular complexity index is 593. The Kier molecular flexibility index (Phi) is 5.49. The summed E-state index contributed by atoms with van der Waals surface area (Å²) in [5.41, 5.74) is 2.07. The molecule has 1 aromatic heterocycles. The molecule has 5 nitrogen and oxygen atoms in total. The maximum Gasteiger partial charge on any atom is 0.247 e. The van der Waals surface area contributed by atoms with E-state index in [1.807, 2.05) is 31.2 Å². The Balaban J connectivity index is 1.85. The summed E-state index contributed by atoms with van der Waals surface area (Å²) in [4.78, 5) is 11.5. The number of rotatable bonds is 7. The summed E-state index contributed by atoms with van der Waals surface area (Å²) in [6.45, 7) is 4.61. The zero-order valence-electron chi connectivity index (χ0n) is 12.6. The largest absolute Gasteiger partial charge is 0.421 e. The number of unbranched alkanes of at least 4 members (excludes halogenated alkanes) is 1. The minimum absolute atomic E-state index is 0.0790. The summed E-state index contributed by atoms with van der Waals surface area (Å²) in [6, 6.07) is 7.93. The van der Waals surface area contributed by atoms with E-state index in [1.54, 1.807) is 0 Å². The van der Waals surface area contributed by atoms with Crippen LogP contribution in [0.1, 0.15) is 37.6 Å². The molecule has 0 saturated carbocycles. The zero-order valence-corrected chi connectivity index (χ0v) is 12.6. The van der Waals surface area contributed by atoms with E-state index < -0.39 is 0 Å². The lowest BCUT2D eigenvalue weighted by Gasteiger charge is -2.02. The number of carbonyl (C=O) groups is 1. The number of aromatic nitrogens is 2. The lowest BCUT2D eigenvalue weighted by molar-refractivity contribution is -0.121. The predicted molar refractivity (Wildman–Crippen MR) is 80.7 cm³/mol. The number of nitrogens with one attached hydrogen (secondary N) is 1. The Hall–Kier alpha value is -2.17. The van der Waals surface area contributed by atoms with Gasteiger partial charge in [0.2, 0.25) is 17.7 Å². The van der Waals surface area contributed by atoms with Crippen LogP contribution in [0.15, 0.2) is 28.7 Å². The number of nitrogens with zero attached hydrogens (tertiary/aromatic N) is 2. The summed E-state index contributed by atoms with van der Waals surface area (Å²) >= 11 is 0. The third kappa shape index (κ3) is 4.70. The maximum absolute atomic E-state index is 11.5. The number of hydrogen-bond acceptors (Lipinski definition) is 4. The molecule has 2 aromatic rings. The van der Waals surface area contributed by atoms with Crippen LogP contribution in [0.4, 0.5) is 0 Å². The van der Waals surface area contributed by atoms with Crippen molar-refractivity contribution in [2.24, 2.45) is 0 Å². The molecule has 0 aliphatic heterocycles. The van der Waals surface area contributed by atoms with E-state index in [9.17, 15) is 4.79 Å². The second kappa shape index (κ2) is 7.57. The second-order valence-corrected chi connectivity index (χ2v) is 5.07. The summed E-state index contributed by atoms with van der Waals surface area (Å²) in [5, 5.41) is 10.9. The number of hydrogen-bond donors (Lipinski definition) is 1. The third-order valence-electron chi connectivity index (χ3n) is 3.15. The van der Waals surface area contributed by atoms with Crippen molar-refractivity contribution < 1.29 is 9.21 Å². The fraction of sp³-hybridized carbons (Fsp3) is 0.438. The smallest absolute Gasteiger partial charge is 0.247 e. The molecular weight excluding hydrogens is 266 g/mol. The SMILES string of the molecule is CCCCC(=O)NCCc1nnc(-c2cccc(C)c2)o1. The Morgan fingerprint density at radius 2 is 2.19 bits per heavy atom. The van der Waals surface area contributed by atoms with E-state index in [0.717, 1.165) is 24.0 Å². The number of carbonyl (C=O) groups excluding carboxylic acids is 1. The minimum Gasteiger partial charge on any atom is -0.421 e. The second-order valence-electron chi connectivity index (χ2n) is 5.07. The van der Waals surface area contributed by atoms with E-state index in [-0.39, 0.29) is 5.91 Å². The number of benzene rings is 1. The summed E-state index contributed by atoms with van der Waals surface area (Å²) in [5.74, 6) is 1.14. The van der Waals surface area contributed by atoms with Crippen LogP contribution in [0.25, 0.3) is 11.5 Å². The van der Waals surface area contributed by atoms with Crippen LogP contribution in [0.3, 0.4) is 0 Å². The van der Waals surface area contributed by atoms with Crippen LogP contribution in [0.5, 0.6) is 0 Å². The first-order valence-corrected chi connectivity index (χ1v) is 7.35. The first kappa shape index (κ1) is 15.2. The molecule has 0 aliphatic carbocycles.